The van der Waals surface area contributed by atoms with E-state index in [1.807, 2.05) is 24.3 Å². The molecule has 0 fully saturated rings. The van der Waals surface area contributed by atoms with Crippen LogP contribution in [0.2, 0.25) is 5.02 Å². The van der Waals surface area contributed by atoms with Crippen LogP contribution < -0.4 is 11.3 Å². The number of hydrogen-bond acceptors (Lipinski definition) is 3. The van der Waals surface area contributed by atoms with Gasteiger partial charge in [-0.25, -0.2) is 0 Å². The van der Waals surface area contributed by atoms with Crippen LogP contribution in [0.15, 0.2) is 24.3 Å². The van der Waals surface area contributed by atoms with Gasteiger partial charge in [-0.3, -0.25) is 16.1 Å². The molecule has 0 radical (unpaired) electrons. The number of carboxylic acids is 1. The Labute approximate surface area is 87.7 Å². The zero-order valence-corrected chi connectivity index (χ0v) is 8.58. The summed E-state index contributed by atoms with van der Waals surface area (Å²) in [6.07, 6.45) is 0. The van der Waals surface area contributed by atoms with Crippen molar-refractivity contribution >= 4 is 17.6 Å². The lowest BCUT2D eigenvalue weighted by Crippen LogP contribution is -2.20. The van der Waals surface area contributed by atoms with Crippen LogP contribution in [0, 0.1) is 0 Å². The molecule has 0 heterocycles. The van der Waals surface area contributed by atoms with E-state index in [1.165, 1.54) is 0 Å². The molecule has 0 aliphatic rings. The molecule has 0 amide bonds. The summed E-state index contributed by atoms with van der Waals surface area (Å²) in [5.41, 5.74) is 3.69. The Kier molecular flexibility index (Phi) is 6.74. The van der Waals surface area contributed by atoms with E-state index >= 15 is 0 Å². The highest BCUT2D eigenvalue weighted by atomic mass is 35.5. The quantitative estimate of drug-likeness (QED) is 0.516. The van der Waals surface area contributed by atoms with Gasteiger partial charge in [-0.2, -0.15) is 0 Å². The van der Waals surface area contributed by atoms with Crippen LogP contribution in [0.5, 0.6) is 0 Å². The molecule has 78 valence electrons. The summed E-state index contributed by atoms with van der Waals surface area (Å²) in [6, 6.07) is 7.55. The Balaban J connectivity index is 0.000000364. The predicted octanol–water partition coefficient (Wildman–Crippen LogP) is 1.39. The van der Waals surface area contributed by atoms with Gasteiger partial charge in [-0.05, 0) is 17.7 Å². The third-order valence-electron chi connectivity index (χ3n) is 1.22. The zero-order valence-electron chi connectivity index (χ0n) is 7.83. The minimum atomic E-state index is -0.833. The van der Waals surface area contributed by atoms with Crippen molar-refractivity contribution in [1.29, 1.82) is 0 Å². The van der Waals surface area contributed by atoms with E-state index in [0.29, 0.717) is 6.54 Å². The highest BCUT2D eigenvalue weighted by Crippen LogP contribution is 2.08. The number of rotatable bonds is 2. The maximum Gasteiger partial charge on any atom is 0.300 e. The average molecular weight is 217 g/mol. The van der Waals surface area contributed by atoms with Gasteiger partial charge in [-0.15, -0.1) is 0 Å². The minimum Gasteiger partial charge on any atom is -0.481 e. The van der Waals surface area contributed by atoms with Crippen LogP contribution in [0.1, 0.15) is 12.5 Å². The van der Waals surface area contributed by atoms with Gasteiger partial charge in [0.05, 0.1) is 0 Å². The molecule has 14 heavy (non-hydrogen) atoms. The van der Waals surface area contributed by atoms with E-state index in [2.05, 4.69) is 5.43 Å². The van der Waals surface area contributed by atoms with Crippen molar-refractivity contribution in [2.75, 3.05) is 0 Å². The Morgan fingerprint density at radius 1 is 1.50 bits per heavy atom. The van der Waals surface area contributed by atoms with E-state index in [0.717, 1.165) is 17.5 Å². The molecule has 0 aliphatic carbocycles. The summed E-state index contributed by atoms with van der Waals surface area (Å²) in [5.74, 6) is 4.28. The zero-order chi connectivity index (χ0) is 11.0. The van der Waals surface area contributed by atoms with Gasteiger partial charge in [0.2, 0.25) is 0 Å². The van der Waals surface area contributed by atoms with Gasteiger partial charge in [0, 0.05) is 18.5 Å². The SMILES string of the molecule is CC(=O)O.NNCc1ccc(Cl)cc1. The number of carbonyl (C=O) groups is 1. The molecule has 0 spiro atoms. The molecule has 0 saturated carbocycles. The fourth-order valence-corrected chi connectivity index (χ4v) is 0.846. The lowest BCUT2D eigenvalue weighted by Gasteiger charge is -1.97. The normalized spacial score (nSPS) is 8.79. The van der Waals surface area contributed by atoms with Crippen molar-refractivity contribution in [2.45, 2.75) is 13.5 Å². The second kappa shape index (κ2) is 7.32. The third kappa shape index (κ3) is 7.54. The molecular weight excluding hydrogens is 204 g/mol. The summed E-state index contributed by atoms with van der Waals surface area (Å²) in [4.78, 5) is 9.00. The molecule has 5 heteroatoms. The number of hydrogen-bond donors (Lipinski definition) is 3. The fraction of sp³-hybridized carbons (Fsp3) is 0.222. The molecule has 0 aliphatic heterocycles. The number of carboxylic acid groups (broad SMARTS) is 1. The third-order valence-corrected chi connectivity index (χ3v) is 1.47. The lowest BCUT2D eigenvalue weighted by atomic mass is 10.2. The second-order valence-electron chi connectivity index (χ2n) is 2.53. The lowest BCUT2D eigenvalue weighted by molar-refractivity contribution is -0.134. The number of hydrazine groups is 1. The minimum absolute atomic E-state index is 0.678. The van der Waals surface area contributed by atoms with Crippen LogP contribution in [-0.2, 0) is 11.3 Å². The molecule has 0 aromatic heterocycles. The topological polar surface area (TPSA) is 75.3 Å². The first-order chi connectivity index (χ1) is 6.56. The highest BCUT2D eigenvalue weighted by Gasteiger charge is 1.88. The summed E-state index contributed by atoms with van der Waals surface area (Å²) in [5, 5.41) is 8.17. The van der Waals surface area contributed by atoms with Gasteiger partial charge in [0.15, 0.2) is 0 Å². The van der Waals surface area contributed by atoms with Crippen molar-refractivity contribution < 1.29 is 9.90 Å². The van der Waals surface area contributed by atoms with E-state index in [9.17, 15) is 0 Å². The monoisotopic (exact) mass is 216 g/mol. The fourth-order valence-electron chi connectivity index (χ4n) is 0.720. The molecular formula is C9H13ClN2O2. The highest BCUT2D eigenvalue weighted by molar-refractivity contribution is 6.30. The van der Waals surface area contributed by atoms with Gasteiger partial charge >= 0.3 is 0 Å². The molecule has 1 aromatic carbocycles. The first kappa shape index (κ1) is 12.9. The molecule has 0 bridgehead atoms. The van der Waals surface area contributed by atoms with Crippen LogP contribution in [0.25, 0.3) is 0 Å². The van der Waals surface area contributed by atoms with E-state index in [1.54, 1.807) is 0 Å². The Bertz CT molecular complexity index is 271. The smallest absolute Gasteiger partial charge is 0.300 e. The van der Waals surface area contributed by atoms with Crippen LogP contribution in [0.4, 0.5) is 0 Å². The standard InChI is InChI=1S/C7H9ClN2.C2H4O2/c8-7-3-1-6(2-4-7)5-10-9;1-2(3)4/h1-4,10H,5,9H2;1H3,(H,3,4). The Morgan fingerprint density at radius 3 is 2.29 bits per heavy atom. The van der Waals surface area contributed by atoms with Crippen LogP contribution >= 0.6 is 11.6 Å². The molecule has 4 N–H and O–H groups in total. The van der Waals surface area contributed by atoms with E-state index < -0.39 is 5.97 Å². The van der Waals surface area contributed by atoms with Crippen molar-refractivity contribution in [3.63, 3.8) is 0 Å². The van der Waals surface area contributed by atoms with Gasteiger partial charge in [0.25, 0.3) is 5.97 Å². The predicted molar refractivity (Wildman–Crippen MR) is 55.8 cm³/mol. The Hall–Kier alpha value is -1.10. The van der Waals surface area contributed by atoms with Gasteiger partial charge < -0.3 is 5.11 Å². The number of nitrogens with two attached hydrogens (primary N) is 1. The van der Waals surface area contributed by atoms with Crippen molar-refractivity contribution in [2.24, 2.45) is 5.84 Å². The maximum absolute atomic E-state index is 9.00. The molecule has 0 unspecified atom stereocenters. The van der Waals surface area contributed by atoms with Crippen LogP contribution in [0.3, 0.4) is 0 Å². The molecule has 4 nitrogen and oxygen atoms in total. The molecule has 1 aromatic rings. The van der Waals surface area contributed by atoms with Crippen molar-refractivity contribution in [3.8, 4) is 0 Å². The first-order valence-corrected chi connectivity index (χ1v) is 4.31. The second-order valence-corrected chi connectivity index (χ2v) is 2.96. The summed E-state index contributed by atoms with van der Waals surface area (Å²) < 4.78 is 0. The van der Waals surface area contributed by atoms with Crippen LogP contribution in [-0.4, -0.2) is 11.1 Å². The van der Waals surface area contributed by atoms with Gasteiger partial charge in [0.1, 0.15) is 0 Å². The Morgan fingerprint density at radius 2 is 1.93 bits per heavy atom. The number of aliphatic carboxylic acids is 1. The number of nitrogens with one attached hydrogen (secondary N) is 1. The van der Waals surface area contributed by atoms with E-state index in [4.69, 9.17) is 27.3 Å². The average Bonchev–Trinajstić information content (AvgIpc) is 2.08. The first-order valence-electron chi connectivity index (χ1n) is 3.93. The number of benzene rings is 1. The maximum atomic E-state index is 9.00. The molecule has 0 saturated heterocycles. The number of halogens is 1. The molecule has 1 rings (SSSR count). The van der Waals surface area contributed by atoms with E-state index in [-0.39, 0.29) is 0 Å². The largest absolute Gasteiger partial charge is 0.481 e. The summed E-state index contributed by atoms with van der Waals surface area (Å²) >= 11 is 5.66. The molecule has 0 atom stereocenters. The van der Waals surface area contributed by atoms with Crippen molar-refractivity contribution in [1.82, 2.24) is 5.43 Å². The summed E-state index contributed by atoms with van der Waals surface area (Å²) in [6.45, 7) is 1.76. The van der Waals surface area contributed by atoms with Gasteiger partial charge in [-0.1, -0.05) is 23.7 Å². The van der Waals surface area contributed by atoms with Crippen molar-refractivity contribution in [3.05, 3.63) is 34.9 Å². The summed E-state index contributed by atoms with van der Waals surface area (Å²) in [7, 11) is 0.